The van der Waals surface area contributed by atoms with E-state index in [0.717, 1.165) is 25.7 Å². The lowest BCUT2D eigenvalue weighted by Gasteiger charge is -2.36. The summed E-state index contributed by atoms with van der Waals surface area (Å²) in [5.74, 6) is 0.193. The van der Waals surface area contributed by atoms with Gasteiger partial charge in [0.2, 0.25) is 5.91 Å². The van der Waals surface area contributed by atoms with Crippen LogP contribution in [0.25, 0.3) is 0 Å². The fourth-order valence-corrected chi connectivity index (χ4v) is 3.17. The minimum atomic E-state index is -0.279. The maximum Gasteiger partial charge on any atom is 0.224 e. The number of nitrogens with two attached hydrogens (primary N) is 1. The second-order valence-corrected chi connectivity index (χ2v) is 6.70. The second kappa shape index (κ2) is 7.08. The minimum Gasteiger partial charge on any atom is -0.336 e. The molecule has 0 unspecified atom stereocenters. The first-order valence-corrected chi connectivity index (χ1v) is 8.12. The summed E-state index contributed by atoms with van der Waals surface area (Å²) < 4.78 is 0. The second-order valence-electron chi connectivity index (χ2n) is 6.70. The number of hydrogen-bond acceptors (Lipinski definition) is 2. The van der Waals surface area contributed by atoms with Gasteiger partial charge in [-0.25, -0.2) is 0 Å². The highest BCUT2D eigenvalue weighted by molar-refractivity contribution is 5.77. The van der Waals surface area contributed by atoms with Gasteiger partial charge in [-0.05, 0) is 32.3 Å². The molecule has 116 valence electrons. The van der Waals surface area contributed by atoms with Crippen LogP contribution in [0.4, 0.5) is 0 Å². The Balaban J connectivity index is 2.02. The summed E-state index contributed by atoms with van der Waals surface area (Å²) in [7, 11) is 0. The van der Waals surface area contributed by atoms with Gasteiger partial charge in [0.25, 0.3) is 0 Å². The molecule has 1 aliphatic rings. The predicted octanol–water partition coefficient (Wildman–Crippen LogP) is 3.48. The van der Waals surface area contributed by atoms with Crippen LogP contribution in [-0.2, 0) is 11.3 Å². The Morgan fingerprint density at radius 1 is 1.19 bits per heavy atom. The smallest absolute Gasteiger partial charge is 0.224 e. The summed E-state index contributed by atoms with van der Waals surface area (Å²) in [6, 6.07) is 10.4. The first-order valence-electron chi connectivity index (χ1n) is 8.12. The van der Waals surface area contributed by atoms with Crippen LogP contribution in [0.2, 0.25) is 0 Å². The van der Waals surface area contributed by atoms with Crippen molar-refractivity contribution in [2.24, 2.45) is 5.73 Å². The quantitative estimate of drug-likeness (QED) is 0.901. The molecule has 0 heterocycles. The monoisotopic (exact) mass is 288 g/mol. The van der Waals surface area contributed by atoms with E-state index in [1.807, 2.05) is 23.1 Å². The molecule has 3 nitrogen and oxygen atoms in total. The molecule has 21 heavy (non-hydrogen) atoms. The van der Waals surface area contributed by atoms with Crippen molar-refractivity contribution in [3.63, 3.8) is 0 Å². The van der Waals surface area contributed by atoms with E-state index < -0.39 is 0 Å². The largest absolute Gasteiger partial charge is 0.336 e. The molecule has 2 rings (SSSR count). The standard InChI is InChI=1S/C18H28N2O/c1-15(2)20(14-16-9-5-3-6-10-16)17(21)13-18(19)11-7-4-8-12-18/h3,5-6,9-10,15H,4,7-8,11-14,19H2,1-2H3. The van der Waals surface area contributed by atoms with Gasteiger partial charge in [0.05, 0.1) is 0 Å². The van der Waals surface area contributed by atoms with Crippen LogP contribution in [0.3, 0.4) is 0 Å². The fourth-order valence-electron chi connectivity index (χ4n) is 3.17. The van der Waals surface area contributed by atoms with Gasteiger partial charge in [0, 0.05) is 24.5 Å². The predicted molar refractivity (Wildman–Crippen MR) is 86.7 cm³/mol. The Bertz CT molecular complexity index is 450. The highest BCUT2D eigenvalue weighted by Crippen LogP contribution is 2.29. The molecule has 0 atom stereocenters. The third-order valence-corrected chi connectivity index (χ3v) is 4.49. The average Bonchev–Trinajstić information content (AvgIpc) is 2.45. The van der Waals surface area contributed by atoms with Crippen molar-refractivity contribution in [3.05, 3.63) is 35.9 Å². The van der Waals surface area contributed by atoms with Gasteiger partial charge in [-0.2, -0.15) is 0 Å². The highest BCUT2D eigenvalue weighted by atomic mass is 16.2. The van der Waals surface area contributed by atoms with Gasteiger partial charge in [-0.3, -0.25) is 4.79 Å². The third-order valence-electron chi connectivity index (χ3n) is 4.49. The Morgan fingerprint density at radius 2 is 1.81 bits per heavy atom. The number of nitrogens with zero attached hydrogens (tertiary/aromatic N) is 1. The van der Waals surface area contributed by atoms with Gasteiger partial charge in [0.1, 0.15) is 0 Å². The molecule has 0 spiro atoms. The van der Waals surface area contributed by atoms with Crippen molar-refractivity contribution in [1.82, 2.24) is 4.90 Å². The van der Waals surface area contributed by atoms with Gasteiger partial charge in [-0.15, -0.1) is 0 Å². The van der Waals surface area contributed by atoms with Crippen molar-refractivity contribution >= 4 is 5.91 Å². The van der Waals surface area contributed by atoms with Crippen molar-refractivity contribution in [1.29, 1.82) is 0 Å². The zero-order chi connectivity index (χ0) is 15.3. The molecule has 1 fully saturated rings. The maximum absolute atomic E-state index is 12.7. The summed E-state index contributed by atoms with van der Waals surface area (Å²) in [6.07, 6.45) is 6.02. The molecule has 0 aliphatic heterocycles. The molecule has 1 saturated carbocycles. The summed E-state index contributed by atoms with van der Waals surface area (Å²) in [6.45, 7) is 4.82. The number of hydrogen-bond donors (Lipinski definition) is 1. The van der Waals surface area contributed by atoms with Crippen LogP contribution in [-0.4, -0.2) is 22.4 Å². The molecule has 1 aliphatic carbocycles. The van der Waals surface area contributed by atoms with Crippen molar-refractivity contribution in [2.45, 2.75) is 70.5 Å². The van der Waals surface area contributed by atoms with Crippen molar-refractivity contribution in [3.8, 4) is 0 Å². The Labute approximate surface area is 128 Å². The number of carbonyl (C=O) groups excluding carboxylic acids is 1. The summed E-state index contributed by atoms with van der Waals surface area (Å²) in [5, 5.41) is 0. The molecule has 1 amide bonds. The van der Waals surface area contributed by atoms with E-state index >= 15 is 0 Å². The summed E-state index contributed by atoms with van der Waals surface area (Å²) in [4.78, 5) is 14.7. The van der Waals surface area contributed by atoms with E-state index in [1.165, 1.54) is 12.0 Å². The SMILES string of the molecule is CC(C)N(Cc1ccccc1)C(=O)CC1(N)CCCCC1. The highest BCUT2D eigenvalue weighted by Gasteiger charge is 2.32. The first kappa shape index (κ1) is 16.0. The van der Waals surface area contributed by atoms with Crippen LogP contribution < -0.4 is 5.73 Å². The molecule has 2 N–H and O–H groups in total. The minimum absolute atomic E-state index is 0.193. The third kappa shape index (κ3) is 4.57. The zero-order valence-corrected chi connectivity index (χ0v) is 13.3. The lowest BCUT2D eigenvalue weighted by atomic mass is 9.80. The van der Waals surface area contributed by atoms with Gasteiger partial charge >= 0.3 is 0 Å². The molecular formula is C18H28N2O. The van der Waals surface area contributed by atoms with Crippen LogP contribution in [0.1, 0.15) is 57.9 Å². The summed E-state index contributed by atoms with van der Waals surface area (Å²) in [5.41, 5.74) is 7.34. The molecule has 0 aromatic heterocycles. The molecule has 0 saturated heterocycles. The topological polar surface area (TPSA) is 46.3 Å². The van der Waals surface area contributed by atoms with Gasteiger partial charge in [0.15, 0.2) is 0 Å². The lowest BCUT2D eigenvalue weighted by Crippen LogP contribution is -2.48. The average molecular weight is 288 g/mol. The van der Waals surface area contributed by atoms with E-state index in [-0.39, 0.29) is 17.5 Å². The van der Waals surface area contributed by atoms with Crippen LogP contribution >= 0.6 is 0 Å². The first-order chi connectivity index (χ1) is 10.0. The molecule has 1 aromatic carbocycles. The van der Waals surface area contributed by atoms with E-state index in [4.69, 9.17) is 5.73 Å². The molecule has 0 bridgehead atoms. The van der Waals surface area contributed by atoms with Crippen molar-refractivity contribution in [2.75, 3.05) is 0 Å². The number of benzene rings is 1. The van der Waals surface area contributed by atoms with Gasteiger partial charge in [-0.1, -0.05) is 49.6 Å². The zero-order valence-electron chi connectivity index (χ0n) is 13.3. The van der Waals surface area contributed by atoms with E-state index in [0.29, 0.717) is 13.0 Å². The van der Waals surface area contributed by atoms with Gasteiger partial charge < -0.3 is 10.6 Å². The molecule has 1 aromatic rings. The number of carbonyl (C=O) groups is 1. The normalized spacial score (nSPS) is 17.7. The van der Waals surface area contributed by atoms with E-state index in [2.05, 4.69) is 26.0 Å². The van der Waals surface area contributed by atoms with Crippen LogP contribution in [0.15, 0.2) is 30.3 Å². The van der Waals surface area contributed by atoms with Crippen molar-refractivity contribution < 1.29 is 4.79 Å². The lowest BCUT2D eigenvalue weighted by molar-refractivity contribution is -0.135. The summed E-state index contributed by atoms with van der Waals surface area (Å²) >= 11 is 0. The molecule has 3 heteroatoms. The Hall–Kier alpha value is -1.35. The number of rotatable bonds is 5. The maximum atomic E-state index is 12.7. The Kier molecular flexibility index (Phi) is 5.40. The fraction of sp³-hybridized carbons (Fsp3) is 0.611. The van der Waals surface area contributed by atoms with Crippen LogP contribution in [0.5, 0.6) is 0 Å². The van der Waals surface area contributed by atoms with Crippen LogP contribution in [0, 0.1) is 0 Å². The molecular weight excluding hydrogens is 260 g/mol. The number of amides is 1. The molecule has 0 radical (unpaired) electrons. The Morgan fingerprint density at radius 3 is 2.38 bits per heavy atom. The van der Waals surface area contributed by atoms with E-state index in [9.17, 15) is 4.79 Å². The van der Waals surface area contributed by atoms with E-state index in [1.54, 1.807) is 0 Å².